The molecule has 0 radical (unpaired) electrons. The van der Waals surface area contributed by atoms with E-state index in [2.05, 4.69) is 29.4 Å². The minimum absolute atomic E-state index is 0.0846. The number of alkyl halides is 1. The van der Waals surface area contributed by atoms with Crippen LogP contribution in [-0.4, -0.2) is 52.2 Å². The molecule has 0 unspecified atom stereocenters. The Kier molecular flexibility index (Phi) is 5.09. The number of anilines is 1. The molecule has 2 N–H and O–H groups in total. The highest BCUT2D eigenvalue weighted by atomic mass is 19.1. The first-order valence-electron chi connectivity index (χ1n) is 11.4. The molecule has 2 aliphatic rings. The lowest BCUT2D eigenvalue weighted by atomic mass is 9.77. The van der Waals surface area contributed by atoms with Crippen molar-refractivity contribution in [3.05, 3.63) is 40.2 Å². The summed E-state index contributed by atoms with van der Waals surface area (Å²) in [7, 11) is 1.46. The van der Waals surface area contributed by atoms with Gasteiger partial charge in [0, 0.05) is 34.8 Å². The van der Waals surface area contributed by atoms with Crippen LogP contribution >= 0.6 is 0 Å². The van der Waals surface area contributed by atoms with Gasteiger partial charge in [-0.25, -0.2) is 9.18 Å². The molecule has 8 nitrogen and oxygen atoms in total. The first kappa shape index (κ1) is 22.6. The molecule has 4 heterocycles. The van der Waals surface area contributed by atoms with E-state index < -0.39 is 17.3 Å². The quantitative estimate of drug-likeness (QED) is 0.563. The van der Waals surface area contributed by atoms with Crippen LogP contribution in [0.25, 0.3) is 22.2 Å². The highest BCUT2D eigenvalue weighted by Gasteiger charge is 2.49. The van der Waals surface area contributed by atoms with Crippen molar-refractivity contribution >= 4 is 16.8 Å². The molecule has 180 valence electrons. The summed E-state index contributed by atoms with van der Waals surface area (Å²) in [4.78, 5) is 13.8. The number of phenols is 1. The van der Waals surface area contributed by atoms with E-state index in [1.807, 2.05) is 24.8 Å². The van der Waals surface area contributed by atoms with Gasteiger partial charge in [0.25, 0.3) is 0 Å². The van der Waals surface area contributed by atoms with Gasteiger partial charge in [-0.2, -0.15) is 0 Å². The van der Waals surface area contributed by atoms with Crippen LogP contribution < -0.4 is 20.6 Å². The second-order valence-electron chi connectivity index (χ2n) is 10.4. The van der Waals surface area contributed by atoms with Crippen molar-refractivity contribution in [3.63, 3.8) is 0 Å². The zero-order valence-electron chi connectivity index (χ0n) is 20.0. The van der Waals surface area contributed by atoms with Gasteiger partial charge in [0.05, 0.1) is 30.3 Å². The van der Waals surface area contributed by atoms with E-state index in [0.717, 1.165) is 5.56 Å². The molecular formula is C25H29FN4O4. The van der Waals surface area contributed by atoms with Crippen molar-refractivity contribution in [2.24, 2.45) is 0 Å². The lowest BCUT2D eigenvalue weighted by Gasteiger charge is -2.51. The standard InChI is InChI=1S/C25H29FN4O4/c1-24(2)12-17(22(26)25(3,4)29-24)30-7-6-13-8-16(27-28-23(13)30)14-9-15-19(33-5)11-21(32)34-20(15)10-18(14)31/h8-11,17,22,29,31H,6-7,12H2,1-5H3/t17-,22-/m0/s1. The maximum absolute atomic E-state index is 15.5. The summed E-state index contributed by atoms with van der Waals surface area (Å²) in [5.41, 5.74) is 0.667. The lowest BCUT2D eigenvalue weighted by Crippen LogP contribution is -2.69. The van der Waals surface area contributed by atoms with Crippen LogP contribution in [0.1, 0.15) is 39.7 Å². The van der Waals surface area contributed by atoms with E-state index in [1.54, 1.807) is 6.07 Å². The molecule has 2 aliphatic heterocycles. The molecule has 5 rings (SSSR count). The van der Waals surface area contributed by atoms with Crippen molar-refractivity contribution in [2.45, 2.75) is 63.8 Å². The zero-order chi connectivity index (χ0) is 24.4. The molecular weight excluding hydrogens is 439 g/mol. The van der Waals surface area contributed by atoms with Crippen LogP contribution in [-0.2, 0) is 6.42 Å². The maximum Gasteiger partial charge on any atom is 0.339 e. The Hall–Kier alpha value is -3.20. The molecule has 0 saturated carbocycles. The van der Waals surface area contributed by atoms with E-state index >= 15 is 4.39 Å². The monoisotopic (exact) mass is 468 g/mol. The second-order valence-corrected chi connectivity index (χ2v) is 10.4. The predicted octanol–water partition coefficient (Wildman–Crippen LogP) is 3.58. The number of piperidine rings is 1. The Bertz CT molecular complexity index is 1340. The third-order valence-corrected chi connectivity index (χ3v) is 6.87. The molecule has 1 saturated heterocycles. The number of halogens is 1. The number of nitrogens with zero attached hydrogens (tertiary/aromatic N) is 3. The molecule has 34 heavy (non-hydrogen) atoms. The fourth-order valence-corrected chi connectivity index (χ4v) is 5.56. The second kappa shape index (κ2) is 7.66. The number of fused-ring (bicyclic) bond motifs is 2. The zero-order valence-corrected chi connectivity index (χ0v) is 20.0. The number of phenolic OH excluding ortho intramolecular Hbond substituents is 1. The van der Waals surface area contributed by atoms with Crippen LogP contribution in [0.3, 0.4) is 0 Å². The molecule has 0 amide bonds. The van der Waals surface area contributed by atoms with Gasteiger partial charge in [-0.3, -0.25) is 0 Å². The fourth-order valence-electron chi connectivity index (χ4n) is 5.56. The number of hydrogen-bond donors (Lipinski definition) is 2. The Morgan fingerprint density at radius 2 is 1.97 bits per heavy atom. The summed E-state index contributed by atoms with van der Waals surface area (Å²) in [6.07, 6.45) is 0.290. The van der Waals surface area contributed by atoms with Crippen LogP contribution in [0.5, 0.6) is 11.5 Å². The number of nitrogens with one attached hydrogen (secondary N) is 1. The summed E-state index contributed by atoms with van der Waals surface area (Å²) in [6, 6.07) is 5.88. The Labute approximate surface area is 196 Å². The molecule has 0 aliphatic carbocycles. The Morgan fingerprint density at radius 3 is 2.71 bits per heavy atom. The summed E-state index contributed by atoms with van der Waals surface area (Å²) >= 11 is 0. The Morgan fingerprint density at radius 1 is 1.21 bits per heavy atom. The predicted molar refractivity (Wildman–Crippen MR) is 127 cm³/mol. The van der Waals surface area contributed by atoms with E-state index in [9.17, 15) is 9.90 Å². The van der Waals surface area contributed by atoms with Crippen LogP contribution in [0, 0.1) is 0 Å². The summed E-state index contributed by atoms with van der Waals surface area (Å²) in [5.74, 6) is 0.949. The maximum atomic E-state index is 15.5. The van der Waals surface area contributed by atoms with Gasteiger partial charge >= 0.3 is 5.63 Å². The lowest BCUT2D eigenvalue weighted by molar-refractivity contribution is 0.0555. The first-order valence-corrected chi connectivity index (χ1v) is 11.4. The van der Waals surface area contributed by atoms with E-state index in [-0.39, 0.29) is 22.9 Å². The van der Waals surface area contributed by atoms with Gasteiger partial charge in [0.15, 0.2) is 5.82 Å². The van der Waals surface area contributed by atoms with Gasteiger partial charge in [-0.15, -0.1) is 10.2 Å². The smallest absolute Gasteiger partial charge is 0.339 e. The highest BCUT2D eigenvalue weighted by Crippen LogP contribution is 2.40. The number of rotatable bonds is 3. The molecule has 1 aromatic carbocycles. The fraction of sp³-hybridized carbons (Fsp3) is 0.480. The number of aromatic hydroxyl groups is 1. The van der Waals surface area contributed by atoms with Gasteiger partial charge in [-0.05, 0) is 52.7 Å². The van der Waals surface area contributed by atoms with E-state index in [4.69, 9.17) is 9.15 Å². The van der Waals surface area contributed by atoms with Gasteiger partial charge in [0.2, 0.25) is 0 Å². The summed E-state index contributed by atoms with van der Waals surface area (Å²) in [6.45, 7) is 8.65. The number of aromatic nitrogens is 2. The Balaban J connectivity index is 1.53. The number of methoxy groups -OCH3 is 1. The molecule has 3 aromatic rings. The van der Waals surface area contributed by atoms with Crippen LogP contribution in [0.15, 0.2) is 33.5 Å². The van der Waals surface area contributed by atoms with E-state index in [0.29, 0.717) is 47.6 Å². The topological polar surface area (TPSA) is 101 Å². The average molecular weight is 469 g/mol. The number of ether oxygens (including phenoxy) is 1. The highest BCUT2D eigenvalue weighted by molar-refractivity contribution is 5.90. The molecule has 9 heteroatoms. The minimum atomic E-state index is -1.07. The van der Waals surface area contributed by atoms with Crippen LogP contribution in [0.2, 0.25) is 0 Å². The average Bonchev–Trinajstić information content (AvgIpc) is 3.17. The molecule has 0 bridgehead atoms. The molecule has 2 aromatic heterocycles. The number of benzene rings is 1. The van der Waals surface area contributed by atoms with Gasteiger partial charge < -0.3 is 24.5 Å². The third kappa shape index (κ3) is 3.68. The van der Waals surface area contributed by atoms with E-state index in [1.165, 1.54) is 19.2 Å². The van der Waals surface area contributed by atoms with Gasteiger partial charge in [-0.1, -0.05) is 0 Å². The van der Waals surface area contributed by atoms with Crippen molar-refractivity contribution in [1.82, 2.24) is 15.5 Å². The first-order chi connectivity index (χ1) is 16.0. The summed E-state index contributed by atoms with van der Waals surface area (Å²) in [5, 5.41) is 23.4. The normalized spacial score (nSPS) is 23.2. The molecule has 1 fully saturated rings. The SMILES string of the molecule is COc1cc(=O)oc2cc(O)c(-c3cc4c(nn3)N([C@H]3CC(C)(C)NC(C)(C)[C@H]3F)CC4)cc12. The van der Waals surface area contributed by atoms with Crippen molar-refractivity contribution in [2.75, 3.05) is 18.6 Å². The summed E-state index contributed by atoms with van der Waals surface area (Å²) < 4.78 is 26.0. The van der Waals surface area contributed by atoms with Crippen molar-refractivity contribution < 1.29 is 18.7 Å². The molecule has 2 atom stereocenters. The number of hydrogen-bond acceptors (Lipinski definition) is 8. The van der Waals surface area contributed by atoms with Crippen molar-refractivity contribution in [3.8, 4) is 22.8 Å². The third-order valence-electron chi connectivity index (χ3n) is 6.87. The minimum Gasteiger partial charge on any atom is -0.507 e. The van der Waals surface area contributed by atoms with Crippen molar-refractivity contribution in [1.29, 1.82) is 0 Å². The van der Waals surface area contributed by atoms with Crippen LogP contribution in [0.4, 0.5) is 10.2 Å². The molecule has 0 spiro atoms. The largest absolute Gasteiger partial charge is 0.507 e. The van der Waals surface area contributed by atoms with Gasteiger partial charge in [0.1, 0.15) is 23.3 Å².